The Labute approximate surface area is 144 Å². The molecule has 1 fully saturated rings. The van der Waals surface area contributed by atoms with Crippen molar-refractivity contribution in [1.29, 1.82) is 0 Å². The van der Waals surface area contributed by atoms with Crippen molar-refractivity contribution in [1.82, 2.24) is 10.2 Å². The Bertz CT molecular complexity index is 786. The summed E-state index contributed by atoms with van der Waals surface area (Å²) < 4.78 is 0. The molecule has 1 aliphatic heterocycles. The molecule has 1 aromatic carbocycles. The molecule has 1 N–H and O–H groups in total. The number of nitro benzene ring substituents is 1. The minimum atomic E-state index is -0.675. The number of nitrogens with one attached hydrogen (secondary N) is 1. The maximum atomic E-state index is 12.4. The second kappa shape index (κ2) is 5.94. The van der Waals surface area contributed by atoms with Crippen molar-refractivity contribution in [2.45, 2.75) is 39.2 Å². The predicted octanol–water partition coefficient (Wildman–Crippen LogP) is 1.89. The van der Waals surface area contributed by atoms with Crippen LogP contribution in [0, 0.1) is 15.5 Å². The third kappa shape index (κ3) is 3.24. The lowest BCUT2D eigenvalue weighted by Crippen LogP contribution is -2.43. The maximum absolute atomic E-state index is 12.4. The molecule has 0 spiro atoms. The number of rotatable bonds is 4. The zero-order valence-corrected chi connectivity index (χ0v) is 14.1. The highest BCUT2D eigenvalue weighted by Gasteiger charge is 2.38. The lowest BCUT2D eigenvalue weighted by atomic mass is 9.92. The van der Waals surface area contributed by atoms with Crippen LogP contribution in [0.1, 0.15) is 53.8 Å². The number of benzene rings is 1. The van der Waals surface area contributed by atoms with Crippen LogP contribution in [0.3, 0.4) is 0 Å². The van der Waals surface area contributed by atoms with Gasteiger partial charge in [-0.3, -0.25) is 29.4 Å². The summed E-state index contributed by atoms with van der Waals surface area (Å²) >= 11 is 0. The molecule has 1 heterocycles. The highest BCUT2D eigenvalue weighted by atomic mass is 16.6. The molecule has 3 rings (SSSR count). The first kappa shape index (κ1) is 17.1. The van der Waals surface area contributed by atoms with E-state index in [-0.39, 0.29) is 34.8 Å². The summed E-state index contributed by atoms with van der Waals surface area (Å²) in [6.45, 7) is 3.89. The number of amides is 3. The molecule has 1 unspecified atom stereocenters. The van der Waals surface area contributed by atoms with E-state index in [0.717, 1.165) is 30.2 Å². The molecule has 0 aromatic heterocycles. The third-order valence-corrected chi connectivity index (χ3v) is 4.80. The molecule has 1 aromatic rings. The molecule has 0 saturated heterocycles. The zero-order valence-electron chi connectivity index (χ0n) is 14.1. The van der Waals surface area contributed by atoms with E-state index in [9.17, 15) is 24.5 Å². The van der Waals surface area contributed by atoms with Crippen molar-refractivity contribution in [3.8, 4) is 0 Å². The number of carbonyl (C=O) groups excluding carboxylic acids is 3. The quantitative estimate of drug-likeness (QED) is 0.509. The van der Waals surface area contributed by atoms with Crippen molar-refractivity contribution in [3.05, 3.63) is 39.4 Å². The van der Waals surface area contributed by atoms with Crippen LogP contribution >= 0.6 is 0 Å². The van der Waals surface area contributed by atoms with Gasteiger partial charge in [-0.05, 0) is 30.7 Å². The normalized spacial score (nSPS) is 21.4. The summed E-state index contributed by atoms with van der Waals surface area (Å²) in [6.07, 6.45) is 2.73. The Morgan fingerprint density at radius 3 is 2.60 bits per heavy atom. The largest absolute Gasteiger partial charge is 0.352 e. The van der Waals surface area contributed by atoms with Crippen LogP contribution < -0.4 is 5.32 Å². The van der Waals surface area contributed by atoms with E-state index in [1.807, 2.05) is 0 Å². The van der Waals surface area contributed by atoms with Gasteiger partial charge in [-0.15, -0.1) is 0 Å². The maximum Gasteiger partial charge on any atom is 0.270 e. The van der Waals surface area contributed by atoms with Crippen molar-refractivity contribution >= 4 is 23.4 Å². The van der Waals surface area contributed by atoms with Gasteiger partial charge in [0.05, 0.1) is 16.1 Å². The minimum Gasteiger partial charge on any atom is -0.352 e. The highest BCUT2D eigenvalue weighted by molar-refractivity contribution is 6.22. The molecule has 25 heavy (non-hydrogen) atoms. The van der Waals surface area contributed by atoms with Gasteiger partial charge < -0.3 is 5.32 Å². The molecule has 0 bridgehead atoms. The Morgan fingerprint density at radius 2 is 2.00 bits per heavy atom. The fourth-order valence-corrected chi connectivity index (χ4v) is 3.51. The van der Waals surface area contributed by atoms with E-state index in [4.69, 9.17) is 0 Å². The van der Waals surface area contributed by atoms with Crippen molar-refractivity contribution in [2.75, 3.05) is 6.54 Å². The summed E-state index contributed by atoms with van der Waals surface area (Å²) in [6, 6.07) is 3.55. The molecule has 1 aliphatic carbocycles. The minimum absolute atomic E-state index is 0.0333. The van der Waals surface area contributed by atoms with Gasteiger partial charge in [0.2, 0.25) is 5.91 Å². The molecule has 132 valence electrons. The molecular formula is C17H19N3O5. The van der Waals surface area contributed by atoms with Crippen LogP contribution in [0.2, 0.25) is 0 Å². The van der Waals surface area contributed by atoms with E-state index < -0.39 is 22.6 Å². The summed E-state index contributed by atoms with van der Waals surface area (Å²) in [5.41, 5.74) is -0.0364. The molecule has 1 atom stereocenters. The van der Waals surface area contributed by atoms with Crippen molar-refractivity contribution in [3.63, 3.8) is 0 Å². The van der Waals surface area contributed by atoms with Crippen LogP contribution in [0.4, 0.5) is 5.69 Å². The molecule has 0 radical (unpaired) electrons. The van der Waals surface area contributed by atoms with Gasteiger partial charge >= 0.3 is 0 Å². The number of imide groups is 1. The van der Waals surface area contributed by atoms with Gasteiger partial charge in [-0.25, -0.2) is 0 Å². The Balaban J connectivity index is 1.69. The lowest BCUT2D eigenvalue weighted by Gasteiger charge is -2.19. The second-order valence-electron chi connectivity index (χ2n) is 7.35. The van der Waals surface area contributed by atoms with E-state index in [1.54, 1.807) is 0 Å². The van der Waals surface area contributed by atoms with E-state index in [2.05, 4.69) is 19.2 Å². The first-order valence-corrected chi connectivity index (χ1v) is 8.12. The Hall–Kier alpha value is -2.77. The molecular weight excluding hydrogens is 326 g/mol. The zero-order chi connectivity index (χ0) is 18.4. The van der Waals surface area contributed by atoms with Crippen molar-refractivity contribution < 1.29 is 19.3 Å². The van der Waals surface area contributed by atoms with Crippen LogP contribution in [-0.2, 0) is 4.79 Å². The monoisotopic (exact) mass is 345 g/mol. The highest BCUT2D eigenvalue weighted by Crippen LogP contribution is 2.36. The predicted molar refractivity (Wildman–Crippen MR) is 88.0 cm³/mol. The van der Waals surface area contributed by atoms with Gasteiger partial charge in [0.1, 0.15) is 6.54 Å². The second-order valence-corrected chi connectivity index (χ2v) is 7.35. The SMILES string of the molecule is CC1(C)CCC(NC(=O)CN2C(=O)c3ccc([N+](=O)[O-])cc3C2=O)C1. The first-order chi connectivity index (χ1) is 11.7. The van der Waals surface area contributed by atoms with Crippen LogP contribution in [-0.4, -0.2) is 40.1 Å². The van der Waals surface area contributed by atoms with Gasteiger partial charge in [0, 0.05) is 18.2 Å². The molecule has 1 saturated carbocycles. The van der Waals surface area contributed by atoms with Gasteiger partial charge in [-0.1, -0.05) is 13.8 Å². The van der Waals surface area contributed by atoms with Crippen LogP contribution in [0.25, 0.3) is 0 Å². The number of nitrogens with zero attached hydrogens (tertiary/aromatic N) is 2. The van der Waals surface area contributed by atoms with E-state index in [0.29, 0.717) is 0 Å². The van der Waals surface area contributed by atoms with Crippen LogP contribution in [0.15, 0.2) is 18.2 Å². The number of carbonyl (C=O) groups is 3. The van der Waals surface area contributed by atoms with E-state index >= 15 is 0 Å². The first-order valence-electron chi connectivity index (χ1n) is 8.12. The van der Waals surface area contributed by atoms with Gasteiger partial charge in [-0.2, -0.15) is 0 Å². The third-order valence-electron chi connectivity index (χ3n) is 4.80. The topological polar surface area (TPSA) is 110 Å². The lowest BCUT2D eigenvalue weighted by molar-refractivity contribution is -0.384. The van der Waals surface area contributed by atoms with Crippen molar-refractivity contribution in [2.24, 2.45) is 5.41 Å². The van der Waals surface area contributed by atoms with Gasteiger partial charge in [0.15, 0.2) is 0 Å². The van der Waals surface area contributed by atoms with Gasteiger partial charge in [0.25, 0.3) is 17.5 Å². The van der Waals surface area contributed by atoms with E-state index in [1.165, 1.54) is 12.1 Å². The Kier molecular flexibility index (Phi) is 4.06. The summed E-state index contributed by atoms with van der Waals surface area (Å²) in [7, 11) is 0. The Morgan fingerprint density at radius 1 is 1.32 bits per heavy atom. The summed E-state index contributed by atoms with van der Waals surface area (Å²) in [4.78, 5) is 47.9. The number of hydrogen-bond donors (Lipinski definition) is 1. The number of nitro groups is 1. The average Bonchev–Trinajstić information content (AvgIpc) is 2.99. The fraction of sp³-hybridized carbons (Fsp3) is 0.471. The summed E-state index contributed by atoms with van der Waals surface area (Å²) in [5, 5.41) is 13.7. The summed E-state index contributed by atoms with van der Waals surface area (Å²) in [5.74, 6) is -1.67. The smallest absolute Gasteiger partial charge is 0.270 e. The number of fused-ring (bicyclic) bond motifs is 1. The molecule has 8 nitrogen and oxygen atoms in total. The number of hydrogen-bond acceptors (Lipinski definition) is 5. The molecule has 8 heteroatoms. The molecule has 3 amide bonds. The average molecular weight is 345 g/mol. The van der Waals surface area contributed by atoms with Crippen LogP contribution in [0.5, 0.6) is 0 Å². The molecule has 2 aliphatic rings. The number of non-ortho nitro benzene ring substituents is 1. The standard InChI is InChI=1S/C17H19N3O5/c1-17(2)6-5-10(8-17)18-14(21)9-19-15(22)12-4-3-11(20(24)25)7-13(12)16(19)23/h3-4,7,10H,5-6,8-9H2,1-2H3,(H,18,21). The fourth-order valence-electron chi connectivity index (χ4n) is 3.51.